The first kappa shape index (κ1) is 24.8. The molecule has 1 N–H and O–H groups in total. The monoisotopic (exact) mass is 471 g/mol. The summed E-state index contributed by atoms with van der Waals surface area (Å²) in [6.07, 6.45) is 4.02. The van der Waals surface area contributed by atoms with E-state index in [0.717, 1.165) is 29.8 Å². The van der Waals surface area contributed by atoms with E-state index in [4.69, 9.17) is 25.8 Å². The maximum atomic E-state index is 12.2. The molecule has 8 heteroatoms. The molecule has 0 aromatic heterocycles. The van der Waals surface area contributed by atoms with Crippen LogP contribution in [-0.4, -0.2) is 56.5 Å². The Bertz CT molecular complexity index is 957. The van der Waals surface area contributed by atoms with E-state index in [1.54, 1.807) is 6.21 Å². The highest BCUT2D eigenvalue weighted by Crippen LogP contribution is 2.34. The molecule has 2 aromatic carbocycles. The van der Waals surface area contributed by atoms with Gasteiger partial charge in [-0.1, -0.05) is 29.8 Å². The number of benzene rings is 2. The molecular weight excluding hydrogens is 442 g/mol. The van der Waals surface area contributed by atoms with Gasteiger partial charge in [0.05, 0.1) is 32.6 Å². The van der Waals surface area contributed by atoms with E-state index < -0.39 is 0 Å². The predicted octanol–water partition coefficient (Wildman–Crippen LogP) is 3.83. The van der Waals surface area contributed by atoms with Gasteiger partial charge in [-0.05, 0) is 48.7 Å². The van der Waals surface area contributed by atoms with Crippen molar-refractivity contribution in [3.05, 3.63) is 70.8 Å². The summed E-state index contributed by atoms with van der Waals surface area (Å²) in [6.45, 7) is 9.73. The SMILES string of the molecule is C=CCc1cc(/C=N/NC(=O)CN2CCOCC2)cc(OCC)c1OCc1ccc(Cl)cc1. The van der Waals surface area contributed by atoms with E-state index >= 15 is 0 Å². The number of amides is 1. The average Bonchev–Trinajstić information content (AvgIpc) is 2.81. The number of nitrogens with zero attached hydrogens (tertiary/aromatic N) is 2. The number of nitrogens with one attached hydrogen (secondary N) is 1. The zero-order valence-corrected chi connectivity index (χ0v) is 19.6. The van der Waals surface area contributed by atoms with Crippen LogP contribution in [0.3, 0.4) is 0 Å². The third-order valence-corrected chi connectivity index (χ3v) is 5.24. The highest BCUT2D eigenvalue weighted by molar-refractivity contribution is 6.30. The van der Waals surface area contributed by atoms with Crippen molar-refractivity contribution in [2.24, 2.45) is 5.10 Å². The van der Waals surface area contributed by atoms with Crippen LogP contribution in [0.2, 0.25) is 5.02 Å². The number of morpholine rings is 1. The summed E-state index contributed by atoms with van der Waals surface area (Å²) in [7, 11) is 0. The fraction of sp³-hybridized carbons (Fsp3) is 0.360. The normalized spacial score (nSPS) is 14.2. The molecule has 0 saturated carbocycles. The minimum Gasteiger partial charge on any atom is -0.490 e. The Balaban J connectivity index is 1.70. The number of allylic oxidation sites excluding steroid dienone is 1. The van der Waals surface area contributed by atoms with Gasteiger partial charge in [0.15, 0.2) is 11.5 Å². The molecule has 1 aliphatic rings. The summed E-state index contributed by atoms with van der Waals surface area (Å²) < 4.78 is 17.3. The molecule has 0 atom stereocenters. The van der Waals surface area contributed by atoms with Gasteiger partial charge in [-0.15, -0.1) is 6.58 Å². The first-order valence-electron chi connectivity index (χ1n) is 11.0. The Hall–Kier alpha value is -2.87. The first-order chi connectivity index (χ1) is 16.1. The molecule has 1 saturated heterocycles. The van der Waals surface area contributed by atoms with Gasteiger partial charge in [0.1, 0.15) is 6.61 Å². The van der Waals surface area contributed by atoms with Crippen molar-refractivity contribution in [2.45, 2.75) is 20.0 Å². The minimum absolute atomic E-state index is 0.160. The molecule has 0 radical (unpaired) electrons. The van der Waals surface area contributed by atoms with Crippen LogP contribution >= 0.6 is 11.6 Å². The number of carbonyl (C=O) groups excluding carboxylic acids is 1. The maximum absolute atomic E-state index is 12.2. The van der Waals surface area contributed by atoms with Crippen LogP contribution in [-0.2, 0) is 22.6 Å². The molecule has 1 fully saturated rings. The Labute approximate surface area is 200 Å². The van der Waals surface area contributed by atoms with Gasteiger partial charge >= 0.3 is 0 Å². The van der Waals surface area contributed by atoms with Crippen LogP contribution < -0.4 is 14.9 Å². The molecular formula is C25H30ClN3O4. The van der Waals surface area contributed by atoms with Gasteiger partial charge in [-0.2, -0.15) is 5.10 Å². The van der Waals surface area contributed by atoms with Gasteiger partial charge in [0.25, 0.3) is 5.91 Å². The summed E-state index contributed by atoms with van der Waals surface area (Å²) >= 11 is 5.97. The second kappa shape index (κ2) is 13.0. The molecule has 33 heavy (non-hydrogen) atoms. The second-order valence-corrected chi connectivity index (χ2v) is 7.97. The van der Waals surface area contributed by atoms with Gasteiger partial charge < -0.3 is 14.2 Å². The number of ether oxygens (including phenoxy) is 3. The van der Waals surface area contributed by atoms with E-state index in [2.05, 4.69) is 17.1 Å². The summed E-state index contributed by atoms with van der Waals surface area (Å²) in [5.41, 5.74) is 5.31. The highest BCUT2D eigenvalue weighted by atomic mass is 35.5. The van der Waals surface area contributed by atoms with Crippen molar-refractivity contribution < 1.29 is 19.0 Å². The lowest BCUT2D eigenvalue weighted by Gasteiger charge is -2.25. The lowest BCUT2D eigenvalue weighted by atomic mass is 10.1. The van der Waals surface area contributed by atoms with Crippen LogP contribution in [0.4, 0.5) is 0 Å². The van der Waals surface area contributed by atoms with Crippen molar-refractivity contribution in [1.82, 2.24) is 10.3 Å². The molecule has 7 nitrogen and oxygen atoms in total. The number of hydrazone groups is 1. The first-order valence-corrected chi connectivity index (χ1v) is 11.4. The molecule has 3 rings (SSSR count). The van der Waals surface area contributed by atoms with Crippen molar-refractivity contribution in [3.8, 4) is 11.5 Å². The van der Waals surface area contributed by atoms with E-state index in [9.17, 15) is 4.79 Å². The number of halogens is 1. The summed E-state index contributed by atoms with van der Waals surface area (Å²) in [5, 5.41) is 4.81. The number of carbonyl (C=O) groups is 1. The Morgan fingerprint density at radius 2 is 2.00 bits per heavy atom. The fourth-order valence-corrected chi connectivity index (χ4v) is 3.53. The summed E-state index contributed by atoms with van der Waals surface area (Å²) in [4.78, 5) is 14.2. The van der Waals surface area contributed by atoms with Gasteiger partial charge in [-0.3, -0.25) is 9.69 Å². The molecule has 1 aliphatic heterocycles. The van der Waals surface area contributed by atoms with Crippen LogP contribution in [0.5, 0.6) is 11.5 Å². The highest BCUT2D eigenvalue weighted by Gasteiger charge is 2.15. The van der Waals surface area contributed by atoms with Crippen molar-refractivity contribution in [1.29, 1.82) is 0 Å². The number of hydrogen-bond acceptors (Lipinski definition) is 6. The van der Waals surface area contributed by atoms with E-state index in [0.29, 0.717) is 55.9 Å². The Kier molecular flexibility index (Phi) is 9.75. The van der Waals surface area contributed by atoms with Gasteiger partial charge in [-0.25, -0.2) is 5.43 Å². The smallest absolute Gasteiger partial charge is 0.254 e. The average molecular weight is 472 g/mol. The third-order valence-electron chi connectivity index (χ3n) is 4.99. The van der Waals surface area contributed by atoms with Crippen LogP contribution in [0.15, 0.2) is 54.2 Å². The lowest BCUT2D eigenvalue weighted by molar-refractivity contribution is -0.123. The Morgan fingerprint density at radius 1 is 1.24 bits per heavy atom. The zero-order valence-electron chi connectivity index (χ0n) is 18.9. The fourth-order valence-electron chi connectivity index (χ4n) is 3.40. The van der Waals surface area contributed by atoms with E-state index in [-0.39, 0.29) is 5.91 Å². The summed E-state index contributed by atoms with van der Waals surface area (Å²) in [6, 6.07) is 11.3. The molecule has 1 heterocycles. The molecule has 0 aliphatic carbocycles. The second-order valence-electron chi connectivity index (χ2n) is 7.53. The maximum Gasteiger partial charge on any atom is 0.254 e. The van der Waals surface area contributed by atoms with E-state index in [1.807, 2.05) is 54.3 Å². The predicted molar refractivity (Wildman–Crippen MR) is 130 cm³/mol. The molecule has 1 amide bonds. The number of hydrogen-bond donors (Lipinski definition) is 1. The minimum atomic E-state index is -0.160. The van der Waals surface area contributed by atoms with Crippen molar-refractivity contribution >= 4 is 23.7 Å². The quantitative estimate of drug-likeness (QED) is 0.306. The molecule has 0 unspecified atom stereocenters. The third kappa shape index (κ3) is 7.89. The van der Waals surface area contributed by atoms with Crippen molar-refractivity contribution in [3.63, 3.8) is 0 Å². The Morgan fingerprint density at radius 3 is 2.70 bits per heavy atom. The molecule has 2 aromatic rings. The van der Waals surface area contributed by atoms with Crippen LogP contribution in [0.25, 0.3) is 0 Å². The van der Waals surface area contributed by atoms with Gasteiger partial charge in [0, 0.05) is 23.7 Å². The van der Waals surface area contributed by atoms with Crippen LogP contribution in [0.1, 0.15) is 23.6 Å². The molecule has 0 bridgehead atoms. The van der Waals surface area contributed by atoms with Gasteiger partial charge in [0.2, 0.25) is 0 Å². The summed E-state index contributed by atoms with van der Waals surface area (Å²) in [5.74, 6) is 1.12. The number of rotatable bonds is 11. The molecule has 0 spiro atoms. The lowest BCUT2D eigenvalue weighted by Crippen LogP contribution is -2.42. The topological polar surface area (TPSA) is 72.4 Å². The van der Waals surface area contributed by atoms with E-state index in [1.165, 1.54) is 0 Å². The molecule has 176 valence electrons. The van der Waals surface area contributed by atoms with Crippen molar-refractivity contribution in [2.75, 3.05) is 39.5 Å². The zero-order chi connectivity index (χ0) is 23.5. The largest absolute Gasteiger partial charge is 0.490 e. The standard InChI is InChI=1S/C25H30ClN3O4/c1-3-5-21-14-20(16-27-28-24(30)17-29-10-12-31-13-11-29)15-23(32-4-2)25(21)33-18-19-6-8-22(26)9-7-19/h3,6-9,14-16H,1,4-5,10-13,17-18H2,2H3,(H,28,30)/b27-16+. The van der Waals surface area contributed by atoms with Crippen LogP contribution in [0, 0.1) is 0 Å².